The summed E-state index contributed by atoms with van der Waals surface area (Å²) in [7, 11) is -2.97. The largest absolute Gasteiger partial charge is 0.213 e. The third-order valence-electron chi connectivity index (χ3n) is 1.85. The van der Waals surface area contributed by atoms with Crippen molar-refractivity contribution in [3.8, 4) is 0 Å². The number of nitrogens with zero attached hydrogens (tertiary/aromatic N) is 1. The SMILES string of the molecule is CS(=O)(=O)N1CCC(Cl)CC1. The van der Waals surface area contributed by atoms with E-state index in [2.05, 4.69) is 0 Å². The van der Waals surface area contributed by atoms with Gasteiger partial charge in [-0.25, -0.2) is 12.7 Å². The molecule has 0 aromatic rings. The fourth-order valence-corrected chi connectivity index (χ4v) is 2.23. The highest BCUT2D eigenvalue weighted by atomic mass is 35.5. The number of piperidine rings is 1. The lowest BCUT2D eigenvalue weighted by atomic mass is 10.2. The Kier molecular flexibility index (Phi) is 2.78. The molecular formula is C6H12ClNO2S. The molecule has 5 heteroatoms. The lowest BCUT2D eigenvalue weighted by Gasteiger charge is -2.26. The van der Waals surface area contributed by atoms with Gasteiger partial charge in [0, 0.05) is 18.5 Å². The minimum absolute atomic E-state index is 0.160. The average molecular weight is 198 g/mol. The minimum Gasteiger partial charge on any atom is -0.213 e. The smallest absolute Gasteiger partial charge is 0.211 e. The third-order valence-corrected chi connectivity index (χ3v) is 3.59. The van der Waals surface area contributed by atoms with E-state index >= 15 is 0 Å². The lowest BCUT2D eigenvalue weighted by Crippen LogP contribution is -2.37. The summed E-state index contributed by atoms with van der Waals surface area (Å²) in [6.45, 7) is 1.15. The van der Waals surface area contributed by atoms with Crippen molar-refractivity contribution < 1.29 is 8.42 Å². The van der Waals surface area contributed by atoms with E-state index in [1.54, 1.807) is 0 Å². The van der Waals surface area contributed by atoms with Gasteiger partial charge in [0.1, 0.15) is 0 Å². The number of halogens is 1. The zero-order chi connectivity index (χ0) is 8.48. The molecule has 0 aromatic carbocycles. The monoisotopic (exact) mass is 197 g/mol. The first-order valence-corrected chi connectivity index (χ1v) is 5.88. The van der Waals surface area contributed by atoms with Crippen molar-refractivity contribution >= 4 is 21.6 Å². The molecule has 0 radical (unpaired) electrons. The molecule has 0 bridgehead atoms. The first-order valence-electron chi connectivity index (χ1n) is 3.59. The van der Waals surface area contributed by atoms with Gasteiger partial charge in [-0.1, -0.05) is 0 Å². The van der Waals surface area contributed by atoms with Crippen LogP contribution in [0.25, 0.3) is 0 Å². The molecule has 1 aliphatic rings. The van der Waals surface area contributed by atoms with Gasteiger partial charge in [0.15, 0.2) is 0 Å². The van der Waals surface area contributed by atoms with E-state index in [0.29, 0.717) is 13.1 Å². The van der Waals surface area contributed by atoms with Crippen molar-refractivity contribution in [3.05, 3.63) is 0 Å². The van der Waals surface area contributed by atoms with Crippen LogP contribution >= 0.6 is 11.6 Å². The van der Waals surface area contributed by atoms with Gasteiger partial charge in [0.05, 0.1) is 6.26 Å². The standard InChI is InChI=1S/C6H12ClNO2S/c1-11(9,10)8-4-2-6(7)3-5-8/h6H,2-5H2,1H3. The summed E-state index contributed by atoms with van der Waals surface area (Å²) in [5, 5.41) is 0.160. The van der Waals surface area contributed by atoms with Crippen molar-refractivity contribution in [3.63, 3.8) is 0 Å². The number of sulfonamides is 1. The van der Waals surface area contributed by atoms with Crippen molar-refractivity contribution in [1.82, 2.24) is 4.31 Å². The average Bonchev–Trinajstić information content (AvgIpc) is 1.86. The first-order chi connectivity index (χ1) is 5.00. The van der Waals surface area contributed by atoms with Crippen molar-refractivity contribution in [1.29, 1.82) is 0 Å². The summed E-state index contributed by atoms with van der Waals surface area (Å²) in [6, 6.07) is 0. The molecule has 1 fully saturated rings. The quantitative estimate of drug-likeness (QED) is 0.579. The fourth-order valence-electron chi connectivity index (χ4n) is 1.16. The molecule has 1 saturated heterocycles. The maximum atomic E-state index is 11.0. The highest BCUT2D eigenvalue weighted by molar-refractivity contribution is 7.88. The Hall–Kier alpha value is 0.200. The van der Waals surface area contributed by atoms with Crippen LogP contribution in [0, 0.1) is 0 Å². The summed E-state index contributed by atoms with van der Waals surface area (Å²) >= 11 is 5.81. The molecule has 0 amide bonds. The van der Waals surface area contributed by atoms with E-state index < -0.39 is 10.0 Å². The molecule has 1 rings (SSSR count). The van der Waals surface area contributed by atoms with Gasteiger partial charge in [0.25, 0.3) is 0 Å². The number of alkyl halides is 1. The van der Waals surface area contributed by atoms with Crippen LogP contribution in [0.3, 0.4) is 0 Å². The highest BCUT2D eigenvalue weighted by Crippen LogP contribution is 2.17. The Bertz CT molecular complexity index is 219. The molecule has 1 heterocycles. The van der Waals surface area contributed by atoms with E-state index in [1.807, 2.05) is 0 Å². The molecule has 0 aromatic heterocycles. The lowest BCUT2D eigenvalue weighted by molar-refractivity contribution is 0.352. The molecule has 66 valence electrons. The van der Waals surface area contributed by atoms with Gasteiger partial charge in [0.2, 0.25) is 10.0 Å². The second-order valence-electron chi connectivity index (χ2n) is 2.84. The first kappa shape index (κ1) is 9.29. The summed E-state index contributed by atoms with van der Waals surface area (Å²) < 4.78 is 23.4. The van der Waals surface area contributed by atoms with Crippen LogP contribution in [0.4, 0.5) is 0 Å². The second kappa shape index (κ2) is 3.29. The zero-order valence-corrected chi connectivity index (χ0v) is 8.03. The molecule has 0 aliphatic carbocycles. The Balaban J connectivity index is 2.53. The van der Waals surface area contributed by atoms with Gasteiger partial charge in [-0.2, -0.15) is 0 Å². The maximum Gasteiger partial charge on any atom is 0.211 e. The maximum absolute atomic E-state index is 11.0. The predicted molar refractivity (Wildman–Crippen MR) is 45.3 cm³/mol. The molecule has 11 heavy (non-hydrogen) atoms. The summed E-state index contributed by atoms with van der Waals surface area (Å²) in [5.74, 6) is 0. The molecule has 0 saturated carbocycles. The van der Waals surface area contributed by atoms with Crippen LogP contribution in [-0.2, 0) is 10.0 Å². The van der Waals surface area contributed by atoms with Crippen molar-refractivity contribution in [2.24, 2.45) is 0 Å². The Labute approximate surface area is 72.4 Å². The Morgan fingerprint density at radius 2 is 1.82 bits per heavy atom. The van der Waals surface area contributed by atoms with Crippen LogP contribution in [-0.4, -0.2) is 37.4 Å². The Morgan fingerprint density at radius 3 is 2.18 bits per heavy atom. The van der Waals surface area contributed by atoms with Crippen molar-refractivity contribution in [2.45, 2.75) is 18.2 Å². The predicted octanol–water partition coefficient (Wildman–Crippen LogP) is 0.649. The number of hydrogen-bond donors (Lipinski definition) is 0. The molecule has 0 spiro atoms. The van der Waals surface area contributed by atoms with E-state index in [-0.39, 0.29) is 5.38 Å². The van der Waals surface area contributed by atoms with Crippen molar-refractivity contribution in [2.75, 3.05) is 19.3 Å². The summed E-state index contributed by atoms with van der Waals surface area (Å²) in [6.07, 6.45) is 2.78. The van der Waals surface area contributed by atoms with E-state index in [1.165, 1.54) is 10.6 Å². The molecule has 1 aliphatic heterocycles. The third kappa shape index (κ3) is 2.61. The van der Waals surface area contributed by atoms with E-state index in [0.717, 1.165) is 12.8 Å². The van der Waals surface area contributed by atoms with Gasteiger partial charge in [-0.15, -0.1) is 11.6 Å². The van der Waals surface area contributed by atoms with Crippen LogP contribution < -0.4 is 0 Å². The topological polar surface area (TPSA) is 37.4 Å². The number of hydrogen-bond acceptors (Lipinski definition) is 2. The van der Waals surface area contributed by atoms with Crippen LogP contribution in [0.2, 0.25) is 0 Å². The van der Waals surface area contributed by atoms with Gasteiger partial charge in [-0.05, 0) is 12.8 Å². The van der Waals surface area contributed by atoms with E-state index in [9.17, 15) is 8.42 Å². The van der Waals surface area contributed by atoms with Crippen LogP contribution in [0.15, 0.2) is 0 Å². The number of rotatable bonds is 1. The minimum atomic E-state index is -2.97. The van der Waals surface area contributed by atoms with Crippen LogP contribution in [0.1, 0.15) is 12.8 Å². The van der Waals surface area contributed by atoms with Gasteiger partial charge < -0.3 is 0 Å². The molecule has 0 N–H and O–H groups in total. The summed E-state index contributed by atoms with van der Waals surface area (Å²) in [5.41, 5.74) is 0. The van der Waals surface area contributed by atoms with Gasteiger partial charge in [-0.3, -0.25) is 0 Å². The normalized spacial score (nSPS) is 23.8. The van der Waals surface area contributed by atoms with Crippen LogP contribution in [0.5, 0.6) is 0 Å². The molecule has 0 atom stereocenters. The second-order valence-corrected chi connectivity index (χ2v) is 5.44. The fraction of sp³-hybridized carbons (Fsp3) is 1.00. The highest BCUT2D eigenvalue weighted by Gasteiger charge is 2.23. The molecule has 0 unspecified atom stereocenters. The molecule has 3 nitrogen and oxygen atoms in total. The zero-order valence-electron chi connectivity index (χ0n) is 6.46. The van der Waals surface area contributed by atoms with Gasteiger partial charge >= 0.3 is 0 Å². The Morgan fingerprint density at radius 1 is 1.36 bits per heavy atom. The van der Waals surface area contributed by atoms with E-state index in [4.69, 9.17) is 11.6 Å². The summed E-state index contributed by atoms with van der Waals surface area (Å²) in [4.78, 5) is 0. The molecular weight excluding hydrogens is 186 g/mol.